The van der Waals surface area contributed by atoms with Crippen molar-refractivity contribution in [2.45, 2.75) is 73.6 Å². The summed E-state index contributed by atoms with van der Waals surface area (Å²) in [5, 5.41) is 3.05. The number of sulfonamides is 1. The molecule has 31 heavy (non-hydrogen) atoms. The quantitative estimate of drug-likeness (QED) is 0.722. The molecule has 1 aromatic rings. The van der Waals surface area contributed by atoms with E-state index in [4.69, 9.17) is 0 Å². The van der Waals surface area contributed by atoms with Gasteiger partial charge in [-0.05, 0) is 43.9 Å². The van der Waals surface area contributed by atoms with Crippen molar-refractivity contribution in [2.75, 3.05) is 30.3 Å². The van der Waals surface area contributed by atoms with Gasteiger partial charge >= 0.3 is 0 Å². The fraction of sp³-hybridized carbons (Fsp3) is 0.636. The second kappa shape index (κ2) is 9.92. The number of thioether (sulfide) groups is 1. The number of carbonyl (C=O) groups is 2. The summed E-state index contributed by atoms with van der Waals surface area (Å²) in [6.45, 7) is 0.983. The summed E-state index contributed by atoms with van der Waals surface area (Å²) in [7, 11) is -3.63. The third-order valence-electron chi connectivity index (χ3n) is 6.35. The molecule has 0 radical (unpaired) electrons. The molecule has 0 atom stereocenters. The highest BCUT2D eigenvalue weighted by Crippen LogP contribution is 2.37. The molecule has 1 N–H and O–H groups in total. The molecule has 2 aliphatic heterocycles. The van der Waals surface area contributed by atoms with Crippen LogP contribution in [0.15, 0.2) is 28.0 Å². The topological polar surface area (TPSA) is 86.8 Å². The van der Waals surface area contributed by atoms with Crippen molar-refractivity contribution in [2.24, 2.45) is 0 Å². The number of hydrogen-bond acceptors (Lipinski definition) is 5. The van der Waals surface area contributed by atoms with Crippen LogP contribution in [0.2, 0.25) is 0 Å². The molecular weight excluding hydrogens is 434 g/mol. The highest BCUT2D eigenvalue weighted by molar-refractivity contribution is 8.00. The average molecular weight is 466 g/mol. The first-order chi connectivity index (χ1) is 14.9. The number of anilines is 1. The maximum atomic E-state index is 13.2. The van der Waals surface area contributed by atoms with Crippen molar-refractivity contribution in [3.05, 3.63) is 18.2 Å². The Morgan fingerprint density at radius 1 is 1.03 bits per heavy atom. The van der Waals surface area contributed by atoms with E-state index in [1.807, 2.05) is 0 Å². The first kappa shape index (κ1) is 22.6. The number of amides is 2. The molecule has 1 aromatic carbocycles. The predicted molar refractivity (Wildman–Crippen MR) is 122 cm³/mol. The highest BCUT2D eigenvalue weighted by Gasteiger charge is 2.31. The third kappa shape index (κ3) is 5.26. The van der Waals surface area contributed by atoms with E-state index in [0.717, 1.165) is 56.3 Å². The van der Waals surface area contributed by atoms with E-state index >= 15 is 0 Å². The van der Waals surface area contributed by atoms with Crippen LogP contribution in [0.25, 0.3) is 0 Å². The fourth-order valence-electron chi connectivity index (χ4n) is 4.61. The molecule has 9 heteroatoms. The van der Waals surface area contributed by atoms with E-state index < -0.39 is 10.0 Å². The van der Waals surface area contributed by atoms with Crippen molar-refractivity contribution in [1.82, 2.24) is 9.62 Å². The molecule has 0 aromatic heterocycles. The normalized spacial score (nSPS) is 21.4. The number of benzene rings is 1. The zero-order valence-electron chi connectivity index (χ0n) is 17.8. The lowest BCUT2D eigenvalue weighted by Crippen LogP contribution is -2.46. The standard InChI is InChI=1S/C22H31N3O4S2/c26-21(23-17-8-4-3-5-9-17)15-25-19-14-18(10-11-20(19)30-16-22(25)27)31(28,29)24-12-6-1-2-7-13-24/h10-11,14,17H,1-9,12-13,15-16H2,(H,23,26). The van der Waals surface area contributed by atoms with Gasteiger partial charge in [0.15, 0.2) is 0 Å². The lowest BCUT2D eigenvalue weighted by molar-refractivity contribution is -0.123. The van der Waals surface area contributed by atoms with E-state index in [1.165, 1.54) is 23.1 Å². The van der Waals surface area contributed by atoms with Crippen LogP contribution in [0.1, 0.15) is 57.8 Å². The zero-order chi connectivity index (χ0) is 21.8. The molecule has 0 unspecified atom stereocenters. The lowest BCUT2D eigenvalue weighted by atomic mass is 9.95. The molecule has 1 aliphatic carbocycles. The number of rotatable bonds is 5. The SMILES string of the molecule is O=C(CN1C(=O)CSc2ccc(S(=O)(=O)N3CCCCCC3)cc21)NC1CCCCC1. The maximum Gasteiger partial charge on any atom is 0.243 e. The van der Waals surface area contributed by atoms with Gasteiger partial charge < -0.3 is 10.2 Å². The molecular formula is C22H31N3O4S2. The van der Waals surface area contributed by atoms with Crippen LogP contribution in [0, 0.1) is 0 Å². The van der Waals surface area contributed by atoms with Gasteiger partial charge in [0.25, 0.3) is 0 Å². The first-order valence-electron chi connectivity index (χ1n) is 11.3. The number of nitrogens with one attached hydrogen (secondary N) is 1. The van der Waals surface area contributed by atoms with Crippen molar-refractivity contribution in [3.8, 4) is 0 Å². The van der Waals surface area contributed by atoms with Crippen molar-refractivity contribution in [1.29, 1.82) is 0 Å². The molecule has 1 saturated carbocycles. The van der Waals surface area contributed by atoms with Crippen molar-refractivity contribution in [3.63, 3.8) is 0 Å². The number of fused-ring (bicyclic) bond motifs is 1. The third-order valence-corrected chi connectivity index (χ3v) is 9.29. The van der Waals surface area contributed by atoms with Crippen LogP contribution < -0.4 is 10.2 Å². The Morgan fingerprint density at radius 3 is 2.42 bits per heavy atom. The zero-order valence-corrected chi connectivity index (χ0v) is 19.5. The number of nitrogens with zero attached hydrogens (tertiary/aromatic N) is 2. The minimum atomic E-state index is -3.63. The van der Waals surface area contributed by atoms with E-state index in [9.17, 15) is 18.0 Å². The van der Waals surface area contributed by atoms with E-state index in [1.54, 1.807) is 22.5 Å². The van der Waals surface area contributed by atoms with Crippen molar-refractivity contribution < 1.29 is 18.0 Å². The monoisotopic (exact) mass is 465 g/mol. The van der Waals surface area contributed by atoms with Crippen LogP contribution in [0.4, 0.5) is 5.69 Å². The molecule has 1 saturated heterocycles. The van der Waals surface area contributed by atoms with Gasteiger partial charge in [-0.1, -0.05) is 32.1 Å². The van der Waals surface area contributed by atoms with E-state index in [0.29, 0.717) is 18.8 Å². The smallest absolute Gasteiger partial charge is 0.243 e. The van der Waals surface area contributed by atoms with Crippen LogP contribution in [-0.4, -0.2) is 56.0 Å². The van der Waals surface area contributed by atoms with Gasteiger partial charge in [0.1, 0.15) is 6.54 Å². The van der Waals surface area contributed by atoms with Crippen LogP contribution in [0.5, 0.6) is 0 Å². The van der Waals surface area contributed by atoms with Gasteiger partial charge in [0.05, 0.1) is 16.3 Å². The number of carbonyl (C=O) groups excluding carboxylic acids is 2. The molecule has 4 rings (SSSR count). The summed E-state index contributed by atoms with van der Waals surface area (Å²) in [6.07, 6.45) is 9.22. The summed E-state index contributed by atoms with van der Waals surface area (Å²) >= 11 is 1.39. The Bertz CT molecular complexity index is 921. The fourth-order valence-corrected chi connectivity index (χ4v) is 7.06. The van der Waals surface area contributed by atoms with Crippen molar-refractivity contribution >= 4 is 39.3 Å². The summed E-state index contributed by atoms with van der Waals surface area (Å²) in [4.78, 5) is 27.8. The summed E-state index contributed by atoms with van der Waals surface area (Å²) in [6, 6.07) is 5.14. The van der Waals surface area contributed by atoms with Gasteiger partial charge in [-0.3, -0.25) is 9.59 Å². The van der Waals surface area contributed by atoms with Crippen LogP contribution in [-0.2, 0) is 19.6 Å². The second-order valence-corrected chi connectivity index (χ2v) is 11.6. The number of hydrogen-bond donors (Lipinski definition) is 1. The summed E-state index contributed by atoms with van der Waals surface area (Å²) in [5.41, 5.74) is 0.524. The molecule has 7 nitrogen and oxygen atoms in total. The Balaban J connectivity index is 1.55. The molecule has 2 fully saturated rings. The van der Waals surface area contributed by atoms with Gasteiger partial charge in [0, 0.05) is 24.0 Å². The Kier molecular flexibility index (Phi) is 7.23. The van der Waals surface area contributed by atoms with E-state index in [-0.39, 0.29) is 35.0 Å². The molecule has 170 valence electrons. The Morgan fingerprint density at radius 2 is 1.71 bits per heavy atom. The minimum absolute atomic E-state index is 0.0733. The summed E-state index contributed by atoms with van der Waals surface area (Å²) < 4.78 is 28.0. The molecule has 2 heterocycles. The largest absolute Gasteiger partial charge is 0.352 e. The summed E-state index contributed by atoms with van der Waals surface area (Å²) in [5.74, 6) is -0.0958. The van der Waals surface area contributed by atoms with Crippen LogP contribution >= 0.6 is 11.8 Å². The van der Waals surface area contributed by atoms with Gasteiger partial charge in [-0.15, -0.1) is 11.8 Å². The minimum Gasteiger partial charge on any atom is -0.352 e. The maximum absolute atomic E-state index is 13.2. The molecule has 0 bridgehead atoms. The molecule has 2 amide bonds. The van der Waals surface area contributed by atoms with Gasteiger partial charge in [-0.2, -0.15) is 4.31 Å². The average Bonchev–Trinajstić information content (AvgIpc) is 3.06. The molecule has 3 aliphatic rings. The van der Waals surface area contributed by atoms with Crippen LogP contribution in [0.3, 0.4) is 0 Å². The lowest BCUT2D eigenvalue weighted by Gasteiger charge is -2.30. The molecule has 0 spiro atoms. The Labute approximate surface area is 189 Å². The van der Waals surface area contributed by atoms with Gasteiger partial charge in [0.2, 0.25) is 21.8 Å². The predicted octanol–water partition coefficient (Wildman–Crippen LogP) is 3.14. The second-order valence-electron chi connectivity index (χ2n) is 8.62. The Hall–Kier alpha value is -1.58. The van der Waals surface area contributed by atoms with Gasteiger partial charge in [-0.25, -0.2) is 8.42 Å². The highest BCUT2D eigenvalue weighted by atomic mass is 32.2. The van der Waals surface area contributed by atoms with E-state index in [2.05, 4.69) is 5.32 Å². The first-order valence-corrected chi connectivity index (χ1v) is 13.7.